The largest absolute Gasteiger partial charge is 0.264 e. The maximum absolute atomic E-state index is 12.1. The van der Waals surface area contributed by atoms with Gasteiger partial charge in [-0.25, -0.2) is 8.78 Å². The second-order valence-electron chi connectivity index (χ2n) is 3.15. The minimum Gasteiger partial charge on any atom is -0.205 e. The summed E-state index contributed by atoms with van der Waals surface area (Å²) in [7, 11) is 0. The van der Waals surface area contributed by atoms with Gasteiger partial charge < -0.3 is 0 Å². The van der Waals surface area contributed by atoms with Crippen molar-refractivity contribution >= 4 is 0 Å². The van der Waals surface area contributed by atoms with Gasteiger partial charge in [-0.15, -0.1) is 0 Å². The van der Waals surface area contributed by atoms with E-state index < -0.39 is 6.43 Å². The van der Waals surface area contributed by atoms with E-state index in [1.165, 1.54) is 18.9 Å². The summed E-state index contributed by atoms with van der Waals surface area (Å²) in [5.41, 5.74) is 1.15. The molecule has 0 heterocycles. The van der Waals surface area contributed by atoms with E-state index in [1.807, 2.05) is 0 Å². The van der Waals surface area contributed by atoms with Crippen LogP contribution in [0.5, 0.6) is 0 Å². The van der Waals surface area contributed by atoms with E-state index in [4.69, 9.17) is 0 Å². The fourth-order valence-corrected chi connectivity index (χ4v) is 1.26. The van der Waals surface area contributed by atoms with Gasteiger partial charge in [-0.3, -0.25) is 0 Å². The Morgan fingerprint density at radius 1 is 1.33 bits per heavy atom. The molecule has 0 saturated heterocycles. The summed E-state index contributed by atoms with van der Waals surface area (Å²) in [5.74, 6) is 0.618. The zero-order valence-electron chi connectivity index (χ0n) is 6.56. The lowest BCUT2D eigenvalue weighted by Crippen LogP contribution is -1.85. The molecule has 0 aromatic heterocycles. The van der Waals surface area contributed by atoms with Crippen LogP contribution in [0, 0.1) is 6.07 Å². The highest BCUT2D eigenvalue weighted by Gasteiger charge is 2.23. The van der Waals surface area contributed by atoms with Crippen LogP contribution in [-0.4, -0.2) is 0 Å². The van der Waals surface area contributed by atoms with E-state index in [-0.39, 0.29) is 5.56 Å². The Bertz CT molecular complexity index is 239. The van der Waals surface area contributed by atoms with Crippen molar-refractivity contribution in [2.75, 3.05) is 0 Å². The third-order valence-corrected chi connectivity index (χ3v) is 2.14. The Morgan fingerprint density at radius 3 is 2.50 bits per heavy atom. The van der Waals surface area contributed by atoms with Crippen LogP contribution in [0.2, 0.25) is 0 Å². The van der Waals surface area contributed by atoms with Crippen molar-refractivity contribution in [1.29, 1.82) is 0 Å². The van der Waals surface area contributed by atoms with Crippen LogP contribution >= 0.6 is 0 Å². The van der Waals surface area contributed by atoms with Crippen molar-refractivity contribution in [1.82, 2.24) is 0 Å². The average Bonchev–Trinajstić information content (AvgIpc) is 2.87. The van der Waals surface area contributed by atoms with E-state index in [0.717, 1.165) is 5.56 Å². The van der Waals surface area contributed by atoms with Gasteiger partial charge in [-0.05, 0) is 30.4 Å². The van der Waals surface area contributed by atoms with Crippen molar-refractivity contribution in [3.8, 4) is 0 Å². The van der Waals surface area contributed by atoms with E-state index in [0.29, 0.717) is 5.92 Å². The van der Waals surface area contributed by atoms with Gasteiger partial charge in [0.15, 0.2) is 0 Å². The van der Waals surface area contributed by atoms with Gasteiger partial charge in [0.25, 0.3) is 6.43 Å². The van der Waals surface area contributed by atoms with E-state index in [2.05, 4.69) is 6.07 Å². The van der Waals surface area contributed by atoms with Crippen LogP contribution in [0.25, 0.3) is 0 Å². The van der Waals surface area contributed by atoms with Crippen LogP contribution in [0.4, 0.5) is 8.78 Å². The zero-order valence-corrected chi connectivity index (χ0v) is 6.56. The molecule has 0 aliphatic heterocycles. The Labute approximate surface area is 70.2 Å². The molecule has 0 unspecified atom stereocenters. The SMILES string of the molecule is FC(F)c1[c]cc(C2CC2)cc1. The first-order chi connectivity index (χ1) is 5.77. The first kappa shape index (κ1) is 7.71. The molecule has 12 heavy (non-hydrogen) atoms. The number of benzene rings is 1. The lowest BCUT2D eigenvalue weighted by atomic mass is 10.1. The molecule has 1 aliphatic rings. The van der Waals surface area contributed by atoms with Crippen molar-refractivity contribution in [2.45, 2.75) is 25.2 Å². The molecule has 2 rings (SSSR count). The molecule has 0 bridgehead atoms. The van der Waals surface area contributed by atoms with E-state index >= 15 is 0 Å². The Hall–Kier alpha value is -0.920. The number of rotatable bonds is 2. The minimum atomic E-state index is -2.39. The quantitative estimate of drug-likeness (QED) is 0.634. The lowest BCUT2D eigenvalue weighted by molar-refractivity contribution is 0.151. The molecule has 1 aliphatic carbocycles. The van der Waals surface area contributed by atoms with Crippen molar-refractivity contribution in [2.24, 2.45) is 0 Å². The standard InChI is InChI=1S/C10H9F2/c11-10(12)9-5-3-8(4-6-9)7-1-2-7/h3-5,7,10H,1-2H2. The molecule has 0 nitrogen and oxygen atoms in total. The van der Waals surface area contributed by atoms with E-state index in [1.54, 1.807) is 12.1 Å². The van der Waals surface area contributed by atoms with Crippen molar-refractivity contribution in [3.05, 3.63) is 35.4 Å². The number of hydrogen-bond acceptors (Lipinski definition) is 0. The first-order valence-corrected chi connectivity index (χ1v) is 4.07. The highest BCUT2D eigenvalue weighted by Crippen LogP contribution is 2.40. The summed E-state index contributed by atoms with van der Waals surface area (Å²) in [6.07, 6.45) is 0.00208. The summed E-state index contributed by atoms with van der Waals surface area (Å²) >= 11 is 0. The normalized spacial score (nSPS) is 16.9. The number of alkyl halides is 2. The predicted octanol–water partition coefficient (Wildman–Crippen LogP) is 3.30. The van der Waals surface area contributed by atoms with Gasteiger partial charge in [-0.1, -0.05) is 18.2 Å². The lowest BCUT2D eigenvalue weighted by Gasteiger charge is -2.00. The van der Waals surface area contributed by atoms with Gasteiger partial charge in [0.1, 0.15) is 0 Å². The van der Waals surface area contributed by atoms with Crippen LogP contribution in [0.15, 0.2) is 18.2 Å². The fourth-order valence-electron chi connectivity index (χ4n) is 1.26. The van der Waals surface area contributed by atoms with Gasteiger partial charge in [0.05, 0.1) is 0 Å². The number of hydrogen-bond donors (Lipinski definition) is 0. The zero-order chi connectivity index (χ0) is 8.55. The summed E-state index contributed by atoms with van der Waals surface area (Å²) in [6, 6.07) is 7.56. The summed E-state index contributed by atoms with van der Waals surface area (Å²) in [5, 5.41) is 0. The van der Waals surface area contributed by atoms with E-state index in [9.17, 15) is 8.78 Å². The van der Waals surface area contributed by atoms with Crippen LogP contribution in [-0.2, 0) is 0 Å². The third kappa shape index (κ3) is 1.47. The molecule has 1 aromatic rings. The number of halogens is 2. The van der Waals surface area contributed by atoms with Gasteiger partial charge >= 0.3 is 0 Å². The molecule has 63 valence electrons. The Morgan fingerprint density at radius 2 is 2.08 bits per heavy atom. The Kier molecular flexibility index (Phi) is 1.83. The molecule has 1 saturated carbocycles. The smallest absolute Gasteiger partial charge is 0.205 e. The molecule has 1 fully saturated rings. The van der Waals surface area contributed by atoms with Crippen molar-refractivity contribution in [3.63, 3.8) is 0 Å². The van der Waals surface area contributed by atoms with Crippen LogP contribution in [0.3, 0.4) is 0 Å². The van der Waals surface area contributed by atoms with Gasteiger partial charge in [-0.2, -0.15) is 0 Å². The molecule has 0 spiro atoms. The molecule has 1 radical (unpaired) electrons. The summed E-state index contributed by atoms with van der Waals surface area (Å²) in [4.78, 5) is 0. The Balaban J connectivity index is 2.18. The third-order valence-electron chi connectivity index (χ3n) is 2.14. The summed E-state index contributed by atoms with van der Waals surface area (Å²) < 4.78 is 24.2. The highest BCUT2D eigenvalue weighted by molar-refractivity contribution is 5.27. The van der Waals surface area contributed by atoms with Gasteiger partial charge in [0, 0.05) is 5.56 Å². The monoisotopic (exact) mass is 167 g/mol. The molecule has 0 N–H and O–H groups in total. The molecule has 0 atom stereocenters. The second kappa shape index (κ2) is 2.85. The topological polar surface area (TPSA) is 0 Å². The maximum atomic E-state index is 12.1. The summed E-state index contributed by atoms with van der Waals surface area (Å²) in [6.45, 7) is 0. The van der Waals surface area contributed by atoms with Gasteiger partial charge in [0.2, 0.25) is 0 Å². The average molecular weight is 167 g/mol. The van der Waals surface area contributed by atoms with Crippen LogP contribution in [0.1, 0.15) is 36.3 Å². The molecular weight excluding hydrogens is 158 g/mol. The molecular formula is C10H9F2. The first-order valence-electron chi connectivity index (χ1n) is 4.07. The highest BCUT2D eigenvalue weighted by atomic mass is 19.3. The maximum Gasteiger partial charge on any atom is 0.264 e. The fraction of sp³-hybridized carbons (Fsp3) is 0.400. The second-order valence-corrected chi connectivity index (χ2v) is 3.15. The van der Waals surface area contributed by atoms with Crippen molar-refractivity contribution < 1.29 is 8.78 Å². The molecule has 2 heteroatoms. The predicted molar refractivity (Wildman–Crippen MR) is 42.2 cm³/mol. The molecule has 1 aromatic carbocycles. The minimum absolute atomic E-state index is 0.000556. The molecule has 0 amide bonds. The van der Waals surface area contributed by atoms with Crippen LogP contribution < -0.4 is 0 Å².